The molecule has 1 heterocycles. The SMILES string of the molecule is CC(C)C[C@H](NC(=O)CNC(=O)c1ccc(-c2ccccc2)[nH]1)C(=O)O. The number of nitrogens with one attached hydrogen (secondary N) is 3. The maximum Gasteiger partial charge on any atom is 0.326 e. The molecule has 2 aromatic rings. The summed E-state index contributed by atoms with van der Waals surface area (Å²) in [7, 11) is 0. The number of H-pyrrole nitrogens is 1. The lowest BCUT2D eigenvalue weighted by molar-refractivity contribution is -0.142. The van der Waals surface area contributed by atoms with Crippen LogP contribution < -0.4 is 10.6 Å². The average molecular weight is 357 g/mol. The van der Waals surface area contributed by atoms with Crippen molar-refractivity contribution in [1.29, 1.82) is 0 Å². The lowest BCUT2D eigenvalue weighted by atomic mass is 10.0. The third-order valence-electron chi connectivity index (χ3n) is 3.77. The van der Waals surface area contributed by atoms with Crippen LogP contribution in [-0.4, -0.2) is 40.5 Å². The molecule has 26 heavy (non-hydrogen) atoms. The molecular formula is C19H23N3O4. The Morgan fingerprint density at radius 2 is 1.77 bits per heavy atom. The molecule has 0 saturated heterocycles. The molecule has 0 aliphatic carbocycles. The first kappa shape index (κ1) is 19.2. The number of aromatic nitrogens is 1. The minimum absolute atomic E-state index is 0.126. The Morgan fingerprint density at radius 3 is 2.38 bits per heavy atom. The Labute approximate surface area is 151 Å². The number of aliphatic carboxylic acids is 1. The topological polar surface area (TPSA) is 111 Å². The number of carboxylic acids is 1. The van der Waals surface area contributed by atoms with E-state index in [2.05, 4.69) is 15.6 Å². The van der Waals surface area contributed by atoms with E-state index >= 15 is 0 Å². The fourth-order valence-electron chi connectivity index (χ4n) is 2.51. The van der Waals surface area contributed by atoms with Crippen molar-refractivity contribution in [2.24, 2.45) is 5.92 Å². The maximum absolute atomic E-state index is 12.2. The van der Waals surface area contributed by atoms with Gasteiger partial charge in [-0.05, 0) is 30.0 Å². The molecule has 0 saturated carbocycles. The number of rotatable bonds is 8. The summed E-state index contributed by atoms with van der Waals surface area (Å²) in [4.78, 5) is 38.2. The molecule has 0 aliphatic heterocycles. The minimum atomic E-state index is -1.09. The molecule has 0 bridgehead atoms. The van der Waals surface area contributed by atoms with E-state index in [-0.39, 0.29) is 12.5 Å². The van der Waals surface area contributed by atoms with Gasteiger partial charge >= 0.3 is 5.97 Å². The predicted octanol–water partition coefficient (Wildman–Crippen LogP) is 2.03. The molecule has 7 nitrogen and oxygen atoms in total. The zero-order valence-corrected chi connectivity index (χ0v) is 14.8. The highest BCUT2D eigenvalue weighted by Crippen LogP contribution is 2.17. The summed E-state index contributed by atoms with van der Waals surface area (Å²) in [6.45, 7) is 3.46. The van der Waals surface area contributed by atoms with Crippen molar-refractivity contribution in [2.75, 3.05) is 6.54 Å². The summed E-state index contributed by atoms with van der Waals surface area (Å²) < 4.78 is 0. The van der Waals surface area contributed by atoms with E-state index in [4.69, 9.17) is 5.11 Å². The highest BCUT2D eigenvalue weighted by Gasteiger charge is 2.21. The van der Waals surface area contributed by atoms with E-state index in [1.165, 1.54) is 0 Å². The summed E-state index contributed by atoms with van der Waals surface area (Å²) in [6, 6.07) is 12.0. The summed E-state index contributed by atoms with van der Waals surface area (Å²) >= 11 is 0. The van der Waals surface area contributed by atoms with E-state index < -0.39 is 23.8 Å². The van der Waals surface area contributed by atoms with Gasteiger partial charge in [0.25, 0.3) is 5.91 Å². The zero-order chi connectivity index (χ0) is 19.1. The molecule has 0 unspecified atom stereocenters. The number of aromatic amines is 1. The van der Waals surface area contributed by atoms with Crippen molar-refractivity contribution >= 4 is 17.8 Å². The fourth-order valence-corrected chi connectivity index (χ4v) is 2.51. The summed E-state index contributed by atoms with van der Waals surface area (Å²) in [5.41, 5.74) is 2.07. The van der Waals surface area contributed by atoms with Gasteiger partial charge in [-0.25, -0.2) is 4.79 Å². The normalized spacial score (nSPS) is 11.8. The number of benzene rings is 1. The van der Waals surface area contributed by atoms with Crippen molar-refractivity contribution in [3.8, 4) is 11.3 Å². The van der Waals surface area contributed by atoms with E-state index in [0.717, 1.165) is 11.3 Å². The van der Waals surface area contributed by atoms with Gasteiger partial charge in [0.1, 0.15) is 11.7 Å². The standard InChI is InChI=1S/C19H23N3O4/c1-12(2)10-16(19(25)26)22-17(23)11-20-18(24)15-9-8-14(21-15)13-6-4-3-5-7-13/h3-9,12,16,21H,10-11H2,1-2H3,(H,20,24)(H,22,23)(H,25,26)/t16-/m0/s1. The third kappa shape index (κ3) is 5.47. The first-order chi connectivity index (χ1) is 12.4. The fraction of sp³-hybridized carbons (Fsp3) is 0.316. The van der Waals surface area contributed by atoms with Crippen LogP contribution >= 0.6 is 0 Å². The van der Waals surface area contributed by atoms with Gasteiger partial charge in [-0.3, -0.25) is 9.59 Å². The first-order valence-corrected chi connectivity index (χ1v) is 8.41. The number of amides is 2. The molecule has 0 radical (unpaired) electrons. The quantitative estimate of drug-likeness (QED) is 0.579. The molecule has 7 heteroatoms. The number of hydrogen-bond donors (Lipinski definition) is 4. The van der Waals surface area contributed by atoms with Crippen LogP contribution in [0.2, 0.25) is 0 Å². The lowest BCUT2D eigenvalue weighted by Gasteiger charge is -2.16. The van der Waals surface area contributed by atoms with Gasteiger partial charge in [0.15, 0.2) is 0 Å². The lowest BCUT2D eigenvalue weighted by Crippen LogP contribution is -2.46. The van der Waals surface area contributed by atoms with Crippen LogP contribution in [0.25, 0.3) is 11.3 Å². The van der Waals surface area contributed by atoms with Crippen molar-refractivity contribution in [3.05, 3.63) is 48.2 Å². The van der Waals surface area contributed by atoms with Crippen LogP contribution in [0.15, 0.2) is 42.5 Å². The van der Waals surface area contributed by atoms with Crippen molar-refractivity contribution < 1.29 is 19.5 Å². The maximum atomic E-state index is 12.2. The smallest absolute Gasteiger partial charge is 0.326 e. The van der Waals surface area contributed by atoms with Crippen LogP contribution in [0.3, 0.4) is 0 Å². The second kappa shape index (κ2) is 8.84. The number of carbonyl (C=O) groups excluding carboxylic acids is 2. The Hall–Kier alpha value is -3.09. The van der Waals surface area contributed by atoms with Gasteiger partial charge in [-0.15, -0.1) is 0 Å². The molecule has 2 amide bonds. The summed E-state index contributed by atoms with van der Waals surface area (Å²) in [6.07, 6.45) is 0.325. The van der Waals surface area contributed by atoms with Crippen LogP contribution in [0.4, 0.5) is 0 Å². The molecule has 0 fully saturated rings. The van der Waals surface area contributed by atoms with E-state index in [1.807, 2.05) is 44.2 Å². The van der Waals surface area contributed by atoms with Gasteiger partial charge in [0.05, 0.1) is 6.54 Å². The molecule has 0 spiro atoms. The molecule has 1 atom stereocenters. The predicted molar refractivity (Wildman–Crippen MR) is 97.6 cm³/mol. The number of carboxylic acid groups (broad SMARTS) is 1. The highest BCUT2D eigenvalue weighted by atomic mass is 16.4. The Balaban J connectivity index is 1.89. The molecule has 1 aromatic carbocycles. The van der Waals surface area contributed by atoms with Crippen molar-refractivity contribution in [2.45, 2.75) is 26.3 Å². The average Bonchev–Trinajstić information content (AvgIpc) is 3.09. The molecular weight excluding hydrogens is 334 g/mol. The number of hydrogen-bond acceptors (Lipinski definition) is 3. The Bertz CT molecular complexity index is 768. The Kier molecular flexibility index (Phi) is 6.54. The number of carbonyl (C=O) groups is 3. The second-order valence-corrected chi connectivity index (χ2v) is 6.42. The molecule has 2 rings (SSSR count). The van der Waals surface area contributed by atoms with Gasteiger partial charge in [0, 0.05) is 5.69 Å². The van der Waals surface area contributed by atoms with E-state index in [9.17, 15) is 14.4 Å². The van der Waals surface area contributed by atoms with Crippen LogP contribution in [0.1, 0.15) is 30.8 Å². The molecule has 4 N–H and O–H groups in total. The molecule has 1 aromatic heterocycles. The minimum Gasteiger partial charge on any atom is -0.480 e. The van der Waals surface area contributed by atoms with Gasteiger partial charge < -0.3 is 20.7 Å². The summed E-state index contributed by atoms with van der Waals surface area (Å²) in [5, 5.41) is 14.0. The highest BCUT2D eigenvalue weighted by molar-refractivity contribution is 5.96. The van der Waals surface area contributed by atoms with Crippen LogP contribution in [0, 0.1) is 5.92 Å². The van der Waals surface area contributed by atoms with Crippen LogP contribution in [-0.2, 0) is 9.59 Å². The third-order valence-corrected chi connectivity index (χ3v) is 3.77. The van der Waals surface area contributed by atoms with Gasteiger partial charge in [-0.2, -0.15) is 0 Å². The zero-order valence-electron chi connectivity index (χ0n) is 14.8. The van der Waals surface area contributed by atoms with Crippen molar-refractivity contribution in [3.63, 3.8) is 0 Å². The first-order valence-electron chi connectivity index (χ1n) is 8.41. The summed E-state index contributed by atoms with van der Waals surface area (Å²) in [5.74, 6) is -1.93. The van der Waals surface area contributed by atoms with Gasteiger partial charge in [-0.1, -0.05) is 44.2 Å². The van der Waals surface area contributed by atoms with Gasteiger partial charge in [0.2, 0.25) is 5.91 Å². The molecule has 138 valence electrons. The largest absolute Gasteiger partial charge is 0.480 e. The van der Waals surface area contributed by atoms with Crippen LogP contribution in [0.5, 0.6) is 0 Å². The monoisotopic (exact) mass is 357 g/mol. The van der Waals surface area contributed by atoms with Crippen molar-refractivity contribution in [1.82, 2.24) is 15.6 Å². The Morgan fingerprint density at radius 1 is 1.08 bits per heavy atom. The van der Waals surface area contributed by atoms with E-state index in [0.29, 0.717) is 12.1 Å². The van der Waals surface area contributed by atoms with E-state index in [1.54, 1.807) is 12.1 Å². The second-order valence-electron chi connectivity index (χ2n) is 6.42. The molecule has 0 aliphatic rings.